The first-order chi connectivity index (χ1) is 19.0. The van der Waals surface area contributed by atoms with Gasteiger partial charge in [0.25, 0.3) is 0 Å². The molecule has 1 fully saturated rings. The Morgan fingerprint density at radius 2 is 1.85 bits per heavy atom. The van der Waals surface area contributed by atoms with E-state index in [9.17, 15) is 9.18 Å². The Morgan fingerprint density at radius 3 is 2.64 bits per heavy atom. The van der Waals surface area contributed by atoms with Crippen molar-refractivity contribution in [3.8, 4) is 11.4 Å². The van der Waals surface area contributed by atoms with Gasteiger partial charge in [0.15, 0.2) is 0 Å². The molecule has 1 atom stereocenters. The molecule has 3 aromatic rings. The van der Waals surface area contributed by atoms with E-state index in [0.717, 1.165) is 74.1 Å². The van der Waals surface area contributed by atoms with Crippen LogP contribution in [0.3, 0.4) is 0 Å². The number of unbranched alkanes of at least 4 members (excludes halogenated alkanes) is 6. The maximum atomic E-state index is 14.0. The molecule has 6 nitrogen and oxygen atoms in total. The summed E-state index contributed by atoms with van der Waals surface area (Å²) in [6.07, 6.45) is 11.9. The van der Waals surface area contributed by atoms with Crippen LogP contribution in [-0.4, -0.2) is 34.0 Å². The fraction of sp³-hybridized carbons (Fsp3) is 0.531. The lowest BCUT2D eigenvalue weighted by Crippen LogP contribution is -2.36. The normalized spacial score (nSPS) is 15.9. The van der Waals surface area contributed by atoms with E-state index < -0.39 is 0 Å². The molecule has 0 spiro atoms. The third-order valence-corrected chi connectivity index (χ3v) is 7.74. The molecule has 1 N–H and O–H groups in total. The fourth-order valence-electron chi connectivity index (χ4n) is 5.40. The van der Waals surface area contributed by atoms with Gasteiger partial charge < -0.3 is 9.84 Å². The quantitative estimate of drug-likeness (QED) is 0.214. The highest BCUT2D eigenvalue weighted by Gasteiger charge is 2.23. The van der Waals surface area contributed by atoms with Crippen molar-refractivity contribution in [2.45, 2.75) is 91.0 Å². The minimum atomic E-state index is -0.140. The van der Waals surface area contributed by atoms with E-state index in [1.807, 2.05) is 37.3 Å². The average molecular weight is 535 g/mol. The lowest BCUT2D eigenvalue weighted by molar-refractivity contribution is -0.116. The minimum Gasteiger partial charge on any atom is -0.339 e. The van der Waals surface area contributed by atoms with E-state index in [-0.39, 0.29) is 11.7 Å². The topological polar surface area (TPSA) is 71.3 Å². The highest BCUT2D eigenvalue weighted by Crippen LogP contribution is 2.25. The van der Waals surface area contributed by atoms with E-state index >= 15 is 0 Å². The van der Waals surface area contributed by atoms with Crippen LogP contribution in [-0.2, 0) is 17.8 Å². The van der Waals surface area contributed by atoms with Gasteiger partial charge in [0.2, 0.25) is 17.6 Å². The Balaban J connectivity index is 1.22. The summed E-state index contributed by atoms with van der Waals surface area (Å²) in [4.78, 5) is 19.3. The van der Waals surface area contributed by atoms with Crippen molar-refractivity contribution in [3.63, 3.8) is 0 Å². The zero-order valence-corrected chi connectivity index (χ0v) is 23.6. The highest BCUT2D eigenvalue weighted by atomic mass is 19.1. The van der Waals surface area contributed by atoms with E-state index in [1.165, 1.54) is 38.2 Å². The molecular weight excluding hydrogens is 491 g/mol. The smallest absolute Gasteiger partial charge is 0.227 e. The molecule has 0 bridgehead atoms. The summed E-state index contributed by atoms with van der Waals surface area (Å²) in [7, 11) is 0. The zero-order chi connectivity index (χ0) is 27.5. The van der Waals surface area contributed by atoms with Crippen LogP contribution in [0.2, 0.25) is 0 Å². The number of nitrogens with zero attached hydrogens (tertiary/aromatic N) is 3. The van der Waals surface area contributed by atoms with Crippen LogP contribution in [0.1, 0.15) is 88.1 Å². The number of nitrogens with one attached hydrogen (secondary N) is 1. The zero-order valence-electron chi connectivity index (χ0n) is 23.6. The van der Waals surface area contributed by atoms with Crippen molar-refractivity contribution >= 4 is 11.6 Å². The van der Waals surface area contributed by atoms with E-state index in [1.54, 1.807) is 6.07 Å². The van der Waals surface area contributed by atoms with Gasteiger partial charge in [-0.15, -0.1) is 0 Å². The Hall–Kier alpha value is -3.06. The summed E-state index contributed by atoms with van der Waals surface area (Å²) in [6.45, 7) is 6.78. The number of carbonyl (C=O) groups is 1. The van der Waals surface area contributed by atoms with Crippen molar-refractivity contribution in [2.75, 3.05) is 18.4 Å². The van der Waals surface area contributed by atoms with Crippen molar-refractivity contribution in [1.29, 1.82) is 0 Å². The number of piperidine rings is 1. The number of rotatable bonds is 14. The van der Waals surface area contributed by atoms with Gasteiger partial charge >= 0.3 is 0 Å². The molecule has 2 heterocycles. The standard InChI is InChI=1S/C32H43FN4O2/c1-3-4-5-6-7-8-9-15-30(38)34-28-18-16-26(17-19-28)32-35-31(39-36-32)21-25-12-11-20-37(22-25)23-27-13-10-14-29(33)24(27)2/h10,13-14,16-19,25H,3-9,11-12,15,20-23H2,1-2H3,(H,34,38). The van der Waals surface area contributed by atoms with Gasteiger partial charge in [-0.1, -0.05) is 62.7 Å². The van der Waals surface area contributed by atoms with E-state index in [0.29, 0.717) is 24.1 Å². The molecule has 1 unspecified atom stereocenters. The highest BCUT2D eigenvalue weighted by molar-refractivity contribution is 5.90. The molecule has 4 rings (SSSR count). The molecule has 2 aromatic carbocycles. The summed E-state index contributed by atoms with van der Waals surface area (Å²) >= 11 is 0. The molecule has 0 aliphatic carbocycles. The predicted octanol–water partition coefficient (Wildman–Crippen LogP) is 7.72. The first kappa shape index (κ1) is 28.9. The molecule has 0 saturated carbocycles. The van der Waals surface area contributed by atoms with Crippen molar-refractivity contribution in [1.82, 2.24) is 15.0 Å². The van der Waals surface area contributed by atoms with Crippen LogP contribution < -0.4 is 5.32 Å². The maximum absolute atomic E-state index is 14.0. The Kier molecular flexibility index (Phi) is 11.1. The molecule has 0 radical (unpaired) electrons. The summed E-state index contributed by atoms with van der Waals surface area (Å²) in [5.41, 5.74) is 3.43. The second-order valence-corrected chi connectivity index (χ2v) is 11.0. The second-order valence-electron chi connectivity index (χ2n) is 11.0. The van der Waals surface area contributed by atoms with E-state index in [4.69, 9.17) is 4.52 Å². The first-order valence-electron chi connectivity index (χ1n) is 14.7. The molecule has 1 aliphatic rings. The van der Waals surface area contributed by atoms with Crippen LogP contribution in [0.25, 0.3) is 11.4 Å². The van der Waals surface area contributed by atoms with Crippen LogP contribution in [0.4, 0.5) is 10.1 Å². The number of hydrogen-bond acceptors (Lipinski definition) is 5. The minimum absolute atomic E-state index is 0.0623. The van der Waals surface area contributed by atoms with Gasteiger partial charge in [0.1, 0.15) is 5.82 Å². The molecule has 1 amide bonds. The molecule has 1 saturated heterocycles. The summed E-state index contributed by atoms with van der Waals surface area (Å²) in [6, 6.07) is 12.9. The number of benzene rings is 2. The molecule has 1 aliphatic heterocycles. The number of aromatic nitrogens is 2. The molecule has 1 aromatic heterocycles. The third kappa shape index (κ3) is 8.99. The van der Waals surface area contributed by atoms with Crippen LogP contribution in [0, 0.1) is 18.7 Å². The summed E-state index contributed by atoms with van der Waals surface area (Å²) in [5, 5.41) is 7.19. The predicted molar refractivity (Wildman–Crippen MR) is 154 cm³/mol. The van der Waals surface area contributed by atoms with Crippen LogP contribution in [0.5, 0.6) is 0 Å². The SMILES string of the molecule is CCCCCCCCCC(=O)Nc1ccc(-c2noc(CC3CCCN(Cc4cccc(F)c4C)C3)n2)cc1. The molecule has 210 valence electrons. The number of anilines is 1. The van der Waals surface area contributed by atoms with Gasteiger partial charge in [0, 0.05) is 37.2 Å². The Bertz CT molecular complexity index is 1180. The molecule has 7 heteroatoms. The van der Waals surface area contributed by atoms with Gasteiger partial charge in [-0.25, -0.2) is 4.39 Å². The molecule has 39 heavy (non-hydrogen) atoms. The van der Waals surface area contributed by atoms with Crippen molar-refractivity contribution in [3.05, 3.63) is 65.3 Å². The Labute approximate surface area is 232 Å². The van der Waals surface area contributed by atoms with Crippen molar-refractivity contribution < 1.29 is 13.7 Å². The van der Waals surface area contributed by atoms with Crippen LogP contribution >= 0.6 is 0 Å². The van der Waals surface area contributed by atoms with Gasteiger partial charge in [-0.05, 0) is 80.1 Å². The van der Waals surface area contributed by atoms with Gasteiger partial charge in [-0.2, -0.15) is 4.98 Å². The maximum Gasteiger partial charge on any atom is 0.227 e. The third-order valence-electron chi connectivity index (χ3n) is 7.74. The molecular formula is C32H43FN4O2. The largest absolute Gasteiger partial charge is 0.339 e. The fourth-order valence-corrected chi connectivity index (χ4v) is 5.40. The lowest BCUT2D eigenvalue weighted by atomic mass is 9.94. The number of carbonyl (C=O) groups excluding carboxylic acids is 1. The number of amides is 1. The van der Waals surface area contributed by atoms with Gasteiger partial charge in [0.05, 0.1) is 0 Å². The van der Waals surface area contributed by atoms with Gasteiger partial charge in [-0.3, -0.25) is 9.69 Å². The summed E-state index contributed by atoms with van der Waals surface area (Å²) in [5.74, 6) is 1.56. The number of likely N-dealkylation sites (tertiary alicyclic amines) is 1. The second kappa shape index (κ2) is 14.9. The number of hydrogen-bond donors (Lipinski definition) is 1. The average Bonchev–Trinajstić information content (AvgIpc) is 3.40. The lowest BCUT2D eigenvalue weighted by Gasteiger charge is -2.32. The van der Waals surface area contributed by atoms with E-state index in [2.05, 4.69) is 27.3 Å². The monoisotopic (exact) mass is 534 g/mol. The first-order valence-corrected chi connectivity index (χ1v) is 14.7. The Morgan fingerprint density at radius 1 is 1.08 bits per heavy atom. The number of halogens is 1. The van der Waals surface area contributed by atoms with Crippen molar-refractivity contribution in [2.24, 2.45) is 5.92 Å². The summed E-state index contributed by atoms with van der Waals surface area (Å²) < 4.78 is 19.5. The van der Waals surface area contributed by atoms with Crippen LogP contribution in [0.15, 0.2) is 47.0 Å².